The first kappa shape index (κ1) is 26.7. The summed E-state index contributed by atoms with van der Waals surface area (Å²) in [5, 5.41) is 6.27. The Hall–Kier alpha value is -4.86. The molecule has 0 spiro atoms. The minimum Gasteiger partial charge on any atom is -0.497 e. The molecule has 3 rings (SSSR count). The lowest BCUT2D eigenvalue weighted by molar-refractivity contribution is -0.136. The Balaban J connectivity index is 1.62. The molecule has 3 aromatic carbocycles. The molecular formula is C27H27N3O7. The van der Waals surface area contributed by atoms with Gasteiger partial charge in [-0.25, -0.2) is 10.2 Å². The van der Waals surface area contributed by atoms with E-state index in [1.807, 2.05) is 6.92 Å². The number of nitrogens with one attached hydrogen (secondary N) is 2. The minimum atomic E-state index is -0.954. The van der Waals surface area contributed by atoms with Gasteiger partial charge in [0.1, 0.15) is 11.5 Å². The molecule has 0 heterocycles. The second-order valence-electron chi connectivity index (χ2n) is 7.37. The smallest absolute Gasteiger partial charge is 0.343 e. The summed E-state index contributed by atoms with van der Waals surface area (Å²) in [6, 6.07) is 18.0. The zero-order chi connectivity index (χ0) is 26.6. The van der Waals surface area contributed by atoms with Crippen molar-refractivity contribution in [1.29, 1.82) is 0 Å². The zero-order valence-corrected chi connectivity index (χ0v) is 20.6. The quantitative estimate of drug-likeness (QED) is 0.141. The van der Waals surface area contributed by atoms with Crippen molar-refractivity contribution in [2.75, 3.05) is 25.6 Å². The summed E-state index contributed by atoms with van der Waals surface area (Å²) >= 11 is 0. The van der Waals surface area contributed by atoms with Crippen LogP contribution in [0, 0.1) is 0 Å². The monoisotopic (exact) mass is 505 g/mol. The molecule has 0 atom stereocenters. The van der Waals surface area contributed by atoms with Crippen molar-refractivity contribution >= 4 is 29.7 Å². The maximum absolute atomic E-state index is 12.6. The highest BCUT2D eigenvalue weighted by Crippen LogP contribution is 2.29. The lowest BCUT2D eigenvalue weighted by Crippen LogP contribution is -2.32. The number of benzene rings is 3. The van der Waals surface area contributed by atoms with E-state index in [0.29, 0.717) is 47.3 Å². The highest BCUT2D eigenvalue weighted by Gasteiger charge is 2.15. The van der Waals surface area contributed by atoms with E-state index in [1.54, 1.807) is 73.7 Å². The summed E-state index contributed by atoms with van der Waals surface area (Å²) < 4.78 is 21.6. The molecule has 0 radical (unpaired) electrons. The van der Waals surface area contributed by atoms with E-state index in [2.05, 4.69) is 15.8 Å². The zero-order valence-electron chi connectivity index (χ0n) is 20.6. The predicted molar refractivity (Wildman–Crippen MR) is 138 cm³/mol. The lowest BCUT2D eigenvalue weighted by Gasteiger charge is -2.11. The largest absolute Gasteiger partial charge is 0.497 e. The molecule has 0 saturated carbocycles. The number of hydrogen-bond acceptors (Lipinski definition) is 8. The number of hydrazone groups is 1. The van der Waals surface area contributed by atoms with Gasteiger partial charge in [-0.05, 0) is 74.0 Å². The number of rotatable bonds is 10. The van der Waals surface area contributed by atoms with Crippen LogP contribution in [-0.2, 0) is 9.59 Å². The average Bonchev–Trinajstić information content (AvgIpc) is 2.90. The fourth-order valence-electron chi connectivity index (χ4n) is 3.08. The Bertz CT molecular complexity index is 1270. The van der Waals surface area contributed by atoms with Crippen LogP contribution in [0.15, 0.2) is 71.8 Å². The van der Waals surface area contributed by atoms with Gasteiger partial charge in [-0.1, -0.05) is 6.07 Å². The van der Waals surface area contributed by atoms with E-state index < -0.39 is 17.8 Å². The minimum absolute atomic E-state index is 0.222. The lowest BCUT2D eigenvalue weighted by atomic mass is 10.2. The van der Waals surface area contributed by atoms with Gasteiger partial charge in [0, 0.05) is 11.8 Å². The molecule has 10 nitrogen and oxygen atoms in total. The Morgan fingerprint density at radius 1 is 0.838 bits per heavy atom. The molecule has 2 amide bonds. The maximum Gasteiger partial charge on any atom is 0.343 e. The van der Waals surface area contributed by atoms with Gasteiger partial charge in [0.25, 0.3) is 0 Å². The number of esters is 1. The first-order chi connectivity index (χ1) is 17.9. The van der Waals surface area contributed by atoms with Gasteiger partial charge >= 0.3 is 17.8 Å². The molecule has 0 aliphatic carbocycles. The summed E-state index contributed by atoms with van der Waals surface area (Å²) in [6.07, 6.45) is 1.33. The fourth-order valence-corrected chi connectivity index (χ4v) is 3.08. The van der Waals surface area contributed by atoms with Crippen LogP contribution in [0.2, 0.25) is 0 Å². The summed E-state index contributed by atoms with van der Waals surface area (Å²) in [5.74, 6) is -0.674. The number of methoxy groups -OCH3 is 1. The van der Waals surface area contributed by atoms with Gasteiger partial charge < -0.3 is 24.3 Å². The molecule has 0 unspecified atom stereocenters. The maximum atomic E-state index is 12.6. The van der Waals surface area contributed by atoms with Gasteiger partial charge in [0.05, 0.1) is 32.1 Å². The summed E-state index contributed by atoms with van der Waals surface area (Å²) in [7, 11) is 1.50. The summed E-state index contributed by atoms with van der Waals surface area (Å²) in [5.41, 5.74) is 3.46. The van der Waals surface area contributed by atoms with Crippen LogP contribution < -0.4 is 29.7 Å². The molecule has 0 aromatic heterocycles. The molecule has 0 bridgehead atoms. The standard InChI is InChI=1S/C27H27N3O7/c1-4-35-21-12-10-19(11-13-21)27(33)37-23-14-9-18(15-24(23)36-5-2)17-28-30-26(32)25(31)29-20-7-6-8-22(16-20)34-3/h6-17H,4-5H2,1-3H3,(H,29,31)(H,30,32). The number of ether oxygens (including phenoxy) is 4. The Morgan fingerprint density at radius 2 is 1.59 bits per heavy atom. The third kappa shape index (κ3) is 7.82. The second-order valence-corrected chi connectivity index (χ2v) is 7.37. The van der Waals surface area contributed by atoms with E-state index in [9.17, 15) is 14.4 Å². The predicted octanol–water partition coefficient (Wildman–Crippen LogP) is 3.80. The van der Waals surface area contributed by atoms with Crippen LogP contribution in [-0.4, -0.2) is 44.3 Å². The number of anilines is 1. The molecule has 0 fully saturated rings. The molecule has 0 aliphatic heterocycles. The van der Waals surface area contributed by atoms with Crippen LogP contribution in [0.1, 0.15) is 29.8 Å². The molecule has 0 aliphatic rings. The topological polar surface area (TPSA) is 125 Å². The highest BCUT2D eigenvalue weighted by atomic mass is 16.6. The van der Waals surface area contributed by atoms with Crippen molar-refractivity contribution in [1.82, 2.24) is 5.43 Å². The van der Waals surface area contributed by atoms with Gasteiger partial charge in [-0.15, -0.1) is 0 Å². The van der Waals surface area contributed by atoms with Crippen LogP contribution in [0.25, 0.3) is 0 Å². The highest BCUT2D eigenvalue weighted by molar-refractivity contribution is 6.39. The van der Waals surface area contributed by atoms with Crippen LogP contribution >= 0.6 is 0 Å². The normalized spacial score (nSPS) is 10.5. The van der Waals surface area contributed by atoms with Crippen molar-refractivity contribution < 1.29 is 33.3 Å². The number of hydrogen-bond donors (Lipinski definition) is 2. The van der Waals surface area contributed by atoms with E-state index in [1.165, 1.54) is 13.3 Å². The van der Waals surface area contributed by atoms with Crippen molar-refractivity contribution in [3.8, 4) is 23.0 Å². The molecule has 3 aromatic rings. The SMILES string of the molecule is CCOc1ccc(C(=O)Oc2ccc(C=NNC(=O)C(=O)Nc3cccc(OC)c3)cc2OCC)cc1. The van der Waals surface area contributed by atoms with Gasteiger partial charge in [-0.3, -0.25) is 9.59 Å². The first-order valence-electron chi connectivity index (χ1n) is 11.4. The van der Waals surface area contributed by atoms with Crippen LogP contribution in [0.4, 0.5) is 5.69 Å². The molecule has 37 heavy (non-hydrogen) atoms. The second kappa shape index (κ2) is 13.3. The third-order valence-corrected chi connectivity index (χ3v) is 4.78. The van der Waals surface area contributed by atoms with Crippen molar-refractivity contribution in [3.05, 3.63) is 77.9 Å². The number of carbonyl (C=O) groups is 3. The van der Waals surface area contributed by atoms with Gasteiger partial charge in [0.15, 0.2) is 11.5 Å². The van der Waals surface area contributed by atoms with Crippen LogP contribution in [0.5, 0.6) is 23.0 Å². The van der Waals surface area contributed by atoms with Crippen molar-refractivity contribution in [2.45, 2.75) is 13.8 Å². The van der Waals surface area contributed by atoms with E-state index >= 15 is 0 Å². The van der Waals surface area contributed by atoms with Crippen LogP contribution in [0.3, 0.4) is 0 Å². The van der Waals surface area contributed by atoms with Crippen molar-refractivity contribution in [3.63, 3.8) is 0 Å². The van der Waals surface area contributed by atoms with Gasteiger partial charge in [-0.2, -0.15) is 5.10 Å². The van der Waals surface area contributed by atoms with E-state index in [4.69, 9.17) is 18.9 Å². The van der Waals surface area contributed by atoms with E-state index in [-0.39, 0.29) is 5.75 Å². The fraction of sp³-hybridized carbons (Fsp3) is 0.185. The Labute approximate surface area is 214 Å². The summed E-state index contributed by atoms with van der Waals surface area (Å²) in [4.78, 5) is 36.7. The van der Waals surface area contributed by atoms with E-state index in [0.717, 1.165) is 0 Å². The van der Waals surface area contributed by atoms with Crippen molar-refractivity contribution in [2.24, 2.45) is 5.10 Å². The summed E-state index contributed by atoms with van der Waals surface area (Å²) in [6.45, 7) is 4.52. The van der Waals surface area contributed by atoms with Gasteiger partial charge in [0.2, 0.25) is 0 Å². The molecule has 2 N–H and O–H groups in total. The molecule has 10 heteroatoms. The number of carbonyl (C=O) groups excluding carboxylic acids is 3. The number of amides is 2. The Morgan fingerprint density at radius 3 is 2.30 bits per heavy atom. The molecule has 0 saturated heterocycles. The number of nitrogens with zero attached hydrogens (tertiary/aromatic N) is 1. The molecule has 192 valence electrons. The first-order valence-corrected chi connectivity index (χ1v) is 11.4. The Kier molecular flexibility index (Phi) is 9.60. The average molecular weight is 506 g/mol. The molecular weight excluding hydrogens is 478 g/mol. The third-order valence-electron chi connectivity index (χ3n) is 4.78.